The summed E-state index contributed by atoms with van der Waals surface area (Å²) in [5.74, 6) is -0.831. The van der Waals surface area contributed by atoms with Crippen molar-refractivity contribution in [3.63, 3.8) is 0 Å². The summed E-state index contributed by atoms with van der Waals surface area (Å²) in [5, 5.41) is 0.0477. The number of primary amides is 1. The fraction of sp³-hybridized carbons (Fsp3) is 0. The van der Waals surface area contributed by atoms with Gasteiger partial charge in [0.2, 0.25) is 5.91 Å². The highest BCUT2D eigenvalue weighted by Crippen LogP contribution is 2.30. The van der Waals surface area contributed by atoms with Gasteiger partial charge < -0.3 is 5.73 Å². The van der Waals surface area contributed by atoms with E-state index in [1.54, 1.807) is 0 Å². The van der Waals surface area contributed by atoms with E-state index >= 15 is 0 Å². The molecule has 4 nitrogen and oxygen atoms in total. The number of carbonyl (C=O) groups excluding carboxylic acids is 1. The second-order valence-electron chi connectivity index (χ2n) is 2.57. The minimum Gasteiger partial charge on any atom is -0.366 e. The molecule has 1 amide bonds. The van der Waals surface area contributed by atoms with Crippen LogP contribution in [0.1, 0.15) is 10.4 Å². The molecule has 0 unspecified atom stereocenters. The highest BCUT2D eigenvalue weighted by Gasteiger charge is 2.17. The van der Waals surface area contributed by atoms with Gasteiger partial charge in [0, 0.05) is 15.2 Å². The van der Waals surface area contributed by atoms with Crippen LogP contribution in [0.15, 0.2) is 21.5 Å². The molecule has 0 heterocycles. The fourth-order valence-corrected chi connectivity index (χ4v) is 2.48. The van der Waals surface area contributed by atoms with Crippen molar-refractivity contribution in [1.82, 2.24) is 0 Å². The summed E-state index contributed by atoms with van der Waals surface area (Å²) < 4.78 is 22.3. The fourth-order valence-electron chi connectivity index (χ4n) is 0.884. The monoisotopic (exact) mass is 331 g/mol. The Morgan fingerprint density at radius 3 is 2.33 bits per heavy atom. The Labute approximate surface area is 104 Å². The van der Waals surface area contributed by atoms with Crippen LogP contribution in [0.4, 0.5) is 0 Å². The summed E-state index contributed by atoms with van der Waals surface area (Å²) in [7, 11) is 1.19. The number of hydrogen-bond acceptors (Lipinski definition) is 3. The molecule has 0 fully saturated rings. The van der Waals surface area contributed by atoms with E-state index in [0.29, 0.717) is 0 Å². The third-order valence-corrected chi connectivity index (χ3v) is 4.14. The lowest BCUT2D eigenvalue weighted by Crippen LogP contribution is -2.12. The van der Waals surface area contributed by atoms with Crippen molar-refractivity contribution in [2.24, 2.45) is 5.73 Å². The summed E-state index contributed by atoms with van der Waals surface area (Å²) in [5.41, 5.74) is 4.91. The number of hydrogen-bond donors (Lipinski definition) is 1. The standard InChI is InChI=1S/C7H4BrCl2NO3S/c8-5-2-3(15(10,13)14)1-4(6(5)9)7(11)12/h1-2H,(H2,11,12). The van der Waals surface area contributed by atoms with Crippen LogP contribution in [0.5, 0.6) is 0 Å². The molecule has 0 aliphatic rings. The molecule has 0 aliphatic heterocycles. The van der Waals surface area contributed by atoms with E-state index in [2.05, 4.69) is 15.9 Å². The molecule has 2 N–H and O–H groups in total. The molecule has 15 heavy (non-hydrogen) atoms. The molecule has 0 radical (unpaired) electrons. The molecule has 1 aromatic rings. The summed E-state index contributed by atoms with van der Waals surface area (Å²) in [6.07, 6.45) is 0. The molecular formula is C7H4BrCl2NO3S. The van der Waals surface area contributed by atoms with Crippen molar-refractivity contribution >= 4 is 53.2 Å². The maximum Gasteiger partial charge on any atom is 0.261 e. The molecule has 0 atom stereocenters. The number of rotatable bonds is 2. The highest BCUT2D eigenvalue weighted by molar-refractivity contribution is 9.10. The number of benzene rings is 1. The molecule has 1 aromatic carbocycles. The van der Waals surface area contributed by atoms with Gasteiger partial charge in [-0.3, -0.25) is 4.79 Å². The smallest absolute Gasteiger partial charge is 0.261 e. The highest BCUT2D eigenvalue weighted by atomic mass is 79.9. The molecule has 0 saturated heterocycles. The quantitative estimate of drug-likeness (QED) is 0.843. The first-order valence-corrected chi connectivity index (χ1v) is 6.95. The molecular weight excluding hydrogens is 329 g/mol. The Balaban J connectivity index is 3.57. The van der Waals surface area contributed by atoms with Gasteiger partial charge in [-0.1, -0.05) is 11.6 Å². The van der Waals surface area contributed by atoms with Crippen molar-refractivity contribution in [3.05, 3.63) is 27.2 Å². The van der Waals surface area contributed by atoms with E-state index in [0.717, 1.165) is 6.07 Å². The van der Waals surface area contributed by atoms with Crippen LogP contribution in [0.2, 0.25) is 5.02 Å². The predicted molar refractivity (Wildman–Crippen MR) is 60.7 cm³/mol. The first kappa shape index (κ1) is 12.8. The average molecular weight is 333 g/mol. The SMILES string of the molecule is NC(=O)c1cc(S(=O)(=O)Cl)cc(Br)c1Cl. The van der Waals surface area contributed by atoms with Crippen molar-refractivity contribution in [2.45, 2.75) is 4.90 Å². The maximum absolute atomic E-state index is 11.0. The maximum atomic E-state index is 11.0. The number of amides is 1. The van der Waals surface area contributed by atoms with Crippen LogP contribution in [0, 0.1) is 0 Å². The van der Waals surface area contributed by atoms with Gasteiger partial charge in [-0.05, 0) is 28.1 Å². The summed E-state index contributed by atoms with van der Waals surface area (Å²) in [6, 6.07) is 2.22. The number of carbonyl (C=O) groups is 1. The minimum atomic E-state index is -3.92. The van der Waals surface area contributed by atoms with Gasteiger partial charge in [0.1, 0.15) is 0 Å². The first-order chi connectivity index (χ1) is 6.73. The topological polar surface area (TPSA) is 77.2 Å². The van der Waals surface area contributed by atoms with Gasteiger partial charge in [0.25, 0.3) is 9.05 Å². The molecule has 0 aromatic heterocycles. The van der Waals surface area contributed by atoms with Gasteiger partial charge in [-0.25, -0.2) is 8.42 Å². The van der Waals surface area contributed by atoms with E-state index in [1.807, 2.05) is 0 Å². The second-order valence-corrected chi connectivity index (χ2v) is 6.37. The Morgan fingerprint density at radius 2 is 1.93 bits per heavy atom. The average Bonchev–Trinajstić information content (AvgIpc) is 2.06. The van der Waals surface area contributed by atoms with E-state index < -0.39 is 15.0 Å². The van der Waals surface area contributed by atoms with E-state index in [9.17, 15) is 13.2 Å². The Kier molecular flexibility index (Phi) is 3.65. The number of halogens is 3. The Morgan fingerprint density at radius 1 is 1.40 bits per heavy atom. The second kappa shape index (κ2) is 4.29. The number of nitrogens with two attached hydrogens (primary N) is 1. The van der Waals surface area contributed by atoms with E-state index in [1.165, 1.54) is 6.07 Å². The summed E-state index contributed by atoms with van der Waals surface area (Å²) in [4.78, 5) is 10.7. The lowest BCUT2D eigenvalue weighted by Gasteiger charge is -2.04. The largest absolute Gasteiger partial charge is 0.366 e. The Hall–Kier alpha value is -0.300. The normalized spacial score (nSPS) is 11.4. The van der Waals surface area contributed by atoms with Crippen LogP contribution in [0.3, 0.4) is 0 Å². The van der Waals surface area contributed by atoms with Crippen LogP contribution in [-0.4, -0.2) is 14.3 Å². The van der Waals surface area contributed by atoms with E-state index in [-0.39, 0.29) is 20.0 Å². The van der Waals surface area contributed by atoms with Crippen LogP contribution >= 0.6 is 38.2 Å². The van der Waals surface area contributed by atoms with Gasteiger partial charge in [-0.15, -0.1) is 0 Å². The Bertz CT molecular complexity index is 529. The van der Waals surface area contributed by atoms with Gasteiger partial charge in [-0.2, -0.15) is 0 Å². The lowest BCUT2D eigenvalue weighted by molar-refractivity contribution is 0.1000. The van der Waals surface area contributed by atoms with E-state index in [4.69, 9.17) is 28.0 Å². The molecule has 0 bridgehead atoms. The molecule has 0 aliphatic carbocycles. The van der Waals surface area contributed by atoms with Gasteiger partial charge >= 0.3 is 0 Å². The lowest BCUT2D eigenvalue weighted by atomic mass is 10.2. The zero-order valence-electron chi connectivity index (χ0n) is 7.00. The van der Waals surface area contributed by atoms with Crippen LogP contribution < -0.4 is 5.73 Å². The molecule has 82 valence electrons. The minimum absolute atomic E-state index is 0.0477. The van der Waals surface area contributed by atoms with Crippen molar-refractivity contribution in [2.75, 3.05) is 0 Å². The van der Waals surface area contributed by atoms with Crippen molar-refractivity contribution < 1.29 is 13.2 Å². The van der Waals surface area contributed by atoms with Gasteiger partial charge in [0.05, 0.1) is 15.5 Å². The molecule has 0 spiro atoms. The van der Waals surface area contributed by atoms with Crippen molar-refractivity contribution in [3.8, 4) is 0 Å². The predicted octanol–water partition coefficient (Wildman–Crippen LogP) is 2.13. The van der Waals surface area contributed by atoms with Gasteiger partial charge in [0.15, 0.2) is 0 Å². The first-order valence-electron chi connectivity index (χ1n) is 3.47. The van der Waals surface area contributed by atoms with Crippen LogP contribution in [-0.2, 0) is 9.05 Å². The zero-order valence-corrected chi connectivity index (χ0v) is 10.9. The molecule has 0 saturated carbocycles. The molecule has 1 rings (SSSR count). The summed E-state index contributed by atoms with van der Waals surface area (Å²) >= 11 is 8.72. The summed E-state index contributed by atoms with van der Waals surface area (Å²) in [6.45, 7) is 0. The van der Waals surface area contributed by atoms with Crippen LogP contribution in [0.25, 0.3) is 0 Å². The zero-order chi connectivity index (χ0) is 11.8. The third-order valence-electron chi connectivity index (χ3n) is 1.55. The van der Waals surface area contributed by atoms with Crippen molar-refractivity contribution in [1.29, 1.82) is 0 Å². The third kappa shape index (κ3) is 2.84. The molecule has 8 heteroatoms.